The van der Waals surface area contributed by atoms with Crippen molar-refractivity contribution in [1.29, 1.82) is 0 Å². The van der Waals surface area contributed by atoms with E-state index < -0.39 is 6.10 Å². The van der Waals surface area contributed by atoms with Crippen LogP contribution in [0.3, 0.4) is 0 Å². The highest BCUT2D eigenvalue weighted by Crippen LogP contribution is 2.22. The number of carbonyl (C=O) groups is 1. The summed E-state index contributed by atoms with van der Waals surface area (Å²) >= 11 is 0. The Morgan fingerprint density at radius 3 is 2.87 bits per heavy atom. The summed E-state index contributed by atoms with van der Waals surface area (Å²) in [6.07, 6.45) is 1.29. The van der Waals surface area contributed by atoms with Gasteiger partial charge in [-0.1, -0.05) is 32.0 Å². The van der Waals surface area contributed by atoms with Crippen LogP contribution in [-0.4, -0.2) is 42.1 Å². The van der Waals surface area contributed by atoms with Crippen molar-refractivity contribution < 1.29 is 14.3 Å². The standard InChI is InChI=1S/C18H27FN2O2/c1-13(2)18(23)20-10-14-6-5-9-21(11-14)12-17(22)15-7-3-4-8-16(15)19/h3-4,7-8,13-14,17,22H,5-6,9-12H2,1-2H3,(H,20,23). The summed E-state index contributed by atoms with van der Waals surface area (Å²) in [5.74, 6) is 0.100. The summed E-state index contributed by atoms with van der Waals surface area (Å²) in [4.78, 5) is 13.8. The molecule has 0 saturated carbocycles. The number of aliphatic hydroxyl groups is 1. The SMILES string of the molecule is CC(C)C(=O)NCC1CCCN(CC(O)c2ccccc2F)C1. The molecule has 0 radical (unpaired) electrons. The molecule has 1 fully saturated rings. The third-order valence-corrected chi connectivity index (χ3v) is 4.39. The highest BCUT2D eigenvalue weighted by molar-refractivity contribution is 5.77. The zero-order chi connectivity index (χ0) is 16.8. The van der Waals surface area contributed by atoms with Crippen LogP contribution in [0.2, 0.25) is 0 Å². The second-order valence-corrected chi connectivity index (χ2v) is 6.70. The number of benzene rings is 1. The van der Waals surface area contributed by atoms with Crippen LogP contribution >= 0.6 is 0 Å². The van der Waals surface area contributed by atoms with Crippen molar-refractivity contribution in [3.63, 3.8) is 0 Å². The molecular weight excluding hydrogens is 295 g/mol. The molecule has 0 aromatic heterocycles. The van der Waals surface area contributed by atoms with Crippen LogP contribution in [0, 0.1) is 17.7 Å². The van der Waals surface area contributed by atoms with Gasteiger partial charge in [-0.05, 0) is 31.4 Å². The van der Waals surface area contributed by atoms with Gasteiger partial charge in [0.1, 0.15) is 5.82 Å². The Kier molecular flexibility index (Phi) is 6.54. The lowest BCUT2D eigenvalue weighted by Crippen LogP contribution is -2.43. The molecule has 2 unspecified atom stereocenters. The molecule has 1 amide bonds. The second kappa shape index (κ2) is 8.41. The van der Waals surface area contributed by atoms with Crippen molar-refractivity contribution in [2.45, 2.75) is 32.8 Å². The lowest BCUT2D eigenvalue weighted by molar-refractivity contribution is -0.124. The van der Waals surface area contributed by atoms with E-state index in [1.807, 2.05) is 13.8 Å². The summed E-state index contributed by atoms with van der Waals surface area (Å²) in [6, 6.07) is 6.37. The van der Waals surface area contributed by atoms with Crippen molar-refractivity contribution in [2.24, 2.45) is 11.8 Å². The molecule has 0 aliphatic carbocycles. The molecule has 2 atom stereocenters. The predicted octanol–water partition coefficient (Wildman–Crippen LogP) is 2.34. The maximum absolute atomic E-state index is 13.7. The number of amides is 1. The Hall–Kier alpha value is -1.46. The van der Waals surface area contributed by atoms with Crippen LogP contribution in [-0.2, 0) is 4.79 Å². The van der Waals surface area contributed by atoms with Crippen LogP contribution in [0.4, 0.5) is 4.39 Å². The fourth-order valence-electron chi connectivity index (χ4n) is 3.02. The predicted molar refractivity (Wildman–Crippen MR) is 88.4 cm³/mol. The van der Waals surface area contributed by atoms with Crippen LogP contribution < -0.4 is 5.32 Å². The highest BCUT2D eigenvalue weighted by atomic mass is 19.1. The number of hydrogen-bond donors (Lipinski definition) is 2. The third kappa shape index (κ3) is 5.29. The van der Waals surface area contributed by atoms with E-state index >= 15 is 0 Å². The summed E-state index contributed by atoms with van der Waals surface area (Å²) < 4.78 is 13.7. The number of piperidine rings is 1. The van der Waals surface area contributed by atoms with E-state index in [1.54, 1.807) is 18.2 Å². The Morgan fingerprint density at radius 1 is 1.43 bits per heavy atom. The molecule has 23 heavy (non-hydrogen) atoms. The number of likely N-dealkylation sites (tertiary alicyclic amines) is 1. The van der Waals surface area contributed by atoms with Crippen molar-refractivity contribution in [2.75, 3.05) is 26.2 Å². The van der Waals surface area contributed by atoms with E-state index in [4.69, 9.17) is 0 Å². The third-order valence-electron chi connectivity index (χ3n) is 4.39. The second-order valence-electron chi connectivity index (χ2n) is 6.70. The first-order valence-corrected chi connectivity index (χ1v) is 8.40. The summed E-state index contributed by atoms with van der Waals surface area (Å²) in [7, 11) is 0. The summed E-state index contributed by atoms with van der Waals surface area (Å²) in [6.45, 7) is 6.59. The van der Waals surface area contributed by atoms with Crippen LogP contribution in [0.25, 0.3) is 0 Å². The van der Waals surface area contributed by atoms with Gasteiger partial charge in [0.15, 0.2) is 0 Å². The van der Waals surface area contributed by atoms with Crippen LogP contribution in [0.1, 0.15) is 38.4 Å². The van der Waals surface area contributed by atoms with Gasteiger partial charge in [-0.2, -0.15) is 0 Å². The van der Waals surface area contributed by atoms with Crippen LogP contribution in [0.15, 0.2) is 24.3 Å². The average molecular weight is 322 g/mol. The topological polar surface area (TPSA) is 52.6 Å². The van der Waals surface area contributed by atoms with E-state index in [0.717, 1.165) is 25.9 Å². The van der Waals surface area contributed by atoms with Gasteiger partial charge in [-0.3, -0.25) is 4.79 Å². The molecule has 0 spiro atoms. The summed E-state index contributed by atoms with van der Waals surface area (Å²) in [5, 5.41) is 13.3. The van der Waals surface area contributed by atoms with Crippen molar-refractivity contribution in [3.05, 3.63) is 35.6 Å². The van der Waals surface area contributed by atoms with Gasteiger partial charge < -0.3 is 15.3 Å². The minimum Gasteiger partial charge on any atom is -0.387 e. The molecule has 128 valence electrons. The van der Waals surface area contributed by atoms with Gasteiger partial charge in [0.25, 0.3) is 0 Å². The van der Waals surface area contributed by atoms with Gasteiger partial charge in [0.2, 0.25) is 5.91 Å². The van der Waals surface area contributed by atoms with Gasteiger partial charge in [-0.15, -0.1) is 0 Å². The number of hydrogen-bond acceptors (Lipinski definition) is 3. The van der Waals surface area contributed by atoms with Crippen LogP contribution in [0.5, 0.6) is 0 Å². The Morgan fingerprint density at radius 2 is 2.17 bits per heavy atom. The van der Waals surface area contributed by atoms with E-state index in [2.05, 4.69) is 10.2 Å². The van der Waals surface area contributed by atoms with Crippen molar-refractivity contribution in [3.8, 4) is 0 Å². The van der Waals surface area contributed by atoms with Gasteiger partial charge in [0, 0.05) is 31.1 Å². The number of nitrogens with zero attached hydrogens (tertiary/aromatic N) is 1. The van der Waals surface area contributed by atoms with E-state index in [-0.39, 0.29) is 17.6 Å². The monoisotopic (exact) mass is 322 g/mol. The Labute approximate surface area is 137 Å². The molecule has 1 aliphatic rings. The number of carbonyl (C=O) groups excluding carboxylic acids is 1. The first kappa shape index (κ1) is 17.9. The molecule has 1 saturated heterocycles. The molecule has 1 heterocycles. The molecule has 1 aliphatic heterocycles. The van der Waals surface area contributed by atoms with Gasteiger partial charge in [0.05, 0.1) is 6.10 Å². The quantitative estimate of drug-likeness (QED) is 0.845. The van der Waals surface area contributed by atoms with Crippen molar-refractivity contribution in [1.82, 2.24) is 10.2 Å². The van der Waals surface area contributed by atoms with Gasteiger partial charge in [-0.25, -0.2) is 4.39 Å². The lowest BCUT2D eigenvalue weighted by Gasteiger charge is -2.34. The smallest absolute Gasteiger partial charge is 0.222 e. The van der Waals surface area contributed by atoms with E-state index in [9.17, 15) is 14.3 Å². The molecule has 2 N–H and O–H groups in total. The molecule has 4 nitrogen and oxygen atoms in total. The molecule has 0 bridgehead atoms. The molecule has 1 aromatic rings. The zero-order valence-corrected chi connectivity index (χ0v) is 14.0. The average Bonchev–Trinajstić information content (AvgIpc) is 2.53. The van der Waals surface area contributed by atoms with E-state index in [0.29, 0.717) is 24.6 Å². The zero-order valence-electron chi connectivity index (χ0n) is 14.0. The first-order valence-electron chi connectivity index (χ1n) is 8.40. The molecule has 5 heteroatoms. The maximum Gasteiger partial charge on any atom is 0.222 e. The molecule has 2 rings (SSSR count). The molecule has 1 aromatic carbocycles. The molecular formula is C18H27FN2O2. The fourth-order valence-corrected chi connectivity index (χ4v) is 3.02. The number of halogens is 1. The first-order chi connectivity index (χ1) is 11.0. The van der Waals surface area contributed by atoms with Crippen molar-refractivity contribution >= 4 is 5.91 Å². The lowest BCUT2D eigenvalue weighted by atomic mass is 9.97. The minimum atomic E-state index is -0.819. The number of aliphatic hydroxyl groups excluding tert-OH is 1. The maximum atomic E-state index is 13.7. The highest BCUT2D eigenvalue weighted by Gasteiger charge is 2.23. The fraction of sp³-hybridized carbons (Fsp3) is 0.611. The normalized spacial score (nSPS) is 20.5. The van der Waals surface area contributed by atoms with E-state index in [1.165, 1.54) is 6.07 Å². The number of rotatable bonds is 6. The Balaban J connectivity index is 1.84. The summed E-state index contributed by atoms with van der Waals surface area (Å²) in [5.41, 5.74) is 0.350. The number of β-amino-alcohol motifs (C(OH)–C–C–N with tert-alkyl or cyclic N) is 1. The number of nitrogens with one attached hydrogen (secondary N) is 1. The largest absolute Gasteiger partial charge is 0.387 e. The minimum absolute atomic E-state index is 0.00225. The Bertz CT molecular complexity index is 521. The van der Waals surface area contributed by atoms with Gasteiger partial charge >= 0.3 is 0 Å².